The van der Waals surface area contributed by atoms with Crippen LogP contribution in [-0.4, -0.2) is 46.1 Å². The largest absolute Gasteiger partial charge is 0.508 e. The number of phenols is 1. The lowest BCUT2D eigenvalue weighted by molar-refractivity contribution is -0.120. The number of anilines is 1. The van der Waals surface area contributed by atoms with Crippen LogP contribution in [0, 0.1) is 11.7 Å². The molecule has 0 unspecified atom stereocenters. The Bertz CT molecular complexity index is 1900. The van der Waals surface area contributed by atoms with Crippen LogP contribution in [0.1, 0.15) is 32.1 Å². The van der Waals surface area contributed by atoms with Crippen molar-refractivity contribution in [1.82, 2.24) is 35.1 Å². The van der Waals surface area contributed by atoms with E-state index in [1.54, 1.807) is 31.0 Å². The SMILES string of the molecule is O=C(Nc1cncc(-c2cc3c(-c4nc5c(-c6cc(O)cc(F)c6)cncc5[nH]4)n[nH]c3cn2)c1)C1CCCCC1. The van der Waals surface area contributed by atoms with Gasteiger partial charge in [0.15, 0.2) is 5.82 Å². The molecule has 1 saturated carbocycles. The summed E-state index contributed by atoms with van der Waals surface area (Å²) in [6.07, 6.45) is 13.5. The van der Waals surface area contributed by atoms with Gasteiger partial charge in [0.25, 0.3) is 0 Å². The number of carbonyl (C=O) groups excluding carboxylic acids is 1. The zero-order valence-corrected chi connectivity index (χ0v) is 21.9. The average Bonchev–Trinajstić information content (AvgIpc) is 3.61. The van der Waals surface area contributed by atoms with E-state index in [9.17, 15) is 14.3 Å². The summed E-state index contributed by atoms with van der Waals surface area (Å²) in [5.41, 5.74) is 5.56. The molecule has 1 aliphatic rings. The number of phenolic OH excluding ortho intramolecular Hbond substituents is 1. The molecule has 5 heterocycles. The standard InChI is InChI=1S/C30H25FN8O2/c31-19-6-17(8-21(40)9-19)23-13-33-14-26-27(23)37-29(36-26)28-22-10-24(34-15-25(22)38-39-28)18-7-20(12-32-11-18)35-30(41)16-4-2-1-3-5-16/h6-16,40H,1-5H2,(H,35,41)(H,36,37)(H,38,39). The number of aromatic nitrogens is 7. The molecule has 0 bridgehead atoms. The molecular formula is C30H25FN8O2. The maximum Gasteiger partial charge on any atom is 0.227 e. The van der Waals surface area contributed by atoms with E-state index in [0.29, 0.717) is 50.6 Å². The Balaban J connectivity index is 1.23. The van der Waals surface area contributed by atoms with Crippen molar-refractivity contribution in [2.45, 2.75) is 32.1 Å². The maximum atomic E-state index is 14.0. The summed E-state index contributed by atoms with van der Waals surface area (Å²) < 4.78 is 14.0. The number of nitrogens with zero attached hydrogens (tertiary/aromatic N) is 5. The predicted octanol–water partition coefficient (Wildman–Crippen LogP) is 5.99. The highest BCUT2D eigenvalue weighted by Crippen LogP contribution is 2.34. The summed E-state index contributed by atoms with van der Waals surface area (Å²) >= 11 is 0. The molecule has 0 saturated heterocycles. The number of aromatic amines is 2. The Morgan fingerprint density at radius 1 is 0.927 bits per heavy atom. The molecule has 10 nitrogen and oxygen atoms in total. The first-order valence-electron chi connectivity index (χ1n) is 13.5. The lowest BCUT2D eigenvalue weighted by Crippen LogP contribution is -2.24. The number of hydrogen-bond donors (Lipinski definition) is 4. The fourth-order valence-electron chi connectivity index (χ4n) is 5.50. The summed E-state index contributed by atoms with van der Waals surface area (Å²) in [4.78, 5) is 34.0. The molecule has 0 aliphatic heterocycles. The molecule has 204 valence electrons. The number of carbonyl (C=O) groups is 1. The van der Waals surface area contributed by atoms with Crippen molar-refractivity contribution in [2.24, 2.45) is 5.92 Å². The van der Waals surface area contributed by atoms with Crippen LogP contribution in [0.15, 0.2) is 61.3 Å². The van der Waals surface area contributed by atoms with Gasteiger partial charge >= 0.3 is 0 Å². The Morgan fingerprint density at radius 2 is 1.78 bits per heavy atom. The topological polar surface area (TPSA) is 145 Å². The van der Waals surface area contributed by atoms with Crippen LogP contribution in [0.3, 0.4) is 0 Å². The predicted molar refractivity (Wildman–Crippen MR) is 152 cm³/mol. The zero-order valence-electron chi connectivity index (χ0n) is 21.9. The van der Waals surface area contributed by atoms with Crippen molar-refractivity contribution < 1.29 is 14.3 Å². The van der Waals surface area contributed by atoms with Crippen molar-refractivity contribution in [2.75, 3.05) is 5.32 Å². The van der Waals surface area contributed by atoms with Crippen LogP contribution in [0.4, 0.5) is 10.1 Å². The lowest BCUT2D eigenvalue weighted by atomic mass is 9.88. The first-order valence-corrected chi connectivity index (χ1v) is 13.5. The van der Waals surface area contributed by atoms with E-state index in [2.05, 4.69) is 35.5 Å². The Labute approximate surface area is 233 Å². The minimum atomic E-state index is -0.557. The molecule has 5 aromatic heterocycles. The molecule has 1 amide bonds. The average molecular weight is 549 g/mol. The number of nitrogens with one attached hydrogen (secondary N) is 3. The summed E-state index contributed by atoms with van der Waals surface area (Å²) in [6, 6.07) is 7.61. The van der Waals surface area contributed by atoms with Gasteiger partial charge in [0, 0.05) is 40.9 Å². The first-order chi connectivity index (χ1) is 20.0. The van der Waals surface area contributed by atoms with Gasteiger partial charge in [-0.05, 0) is 42.7 Å². The van der Waals surface area contributed by atoms with E-state index < -0.39 is 5.82 Å². The summed E-state index contributed by atoms with van der Waals surface area (Å²) in [5, 5.41) is 21.2. The molecule has 4 N–H and O–H groups in total. The number of imidazole rings is 1. The van der Waals surface area contributed by atoms with Crippen molar-refractivity contribution in [1.29, 1.82) is 0 Å². The van der Waals surface area contributed by atoms with Crippen molar-refractivity contribution in [3.63, 3.8) is 0 Å². The molecule has 11 heteroatoms. The molecule has 1 fully saturated rings. The molecule has 1 aromatic carbocycles. The maximum absolute atomic E-state index is 14.0. The van der Waals surface area contributed by atoms with Gasteiger partial charge in [-0.3, -0.25) is 24.8 Å². The highest BCUT2D eigenvalue weighted by atomic mass is 19.1. The van der Waals surface area contributed by atoms with Gasteiger partial charge in [0.1, 0.15) is 17.3 Å². The number of hydrogen-bond acceptors (Lipinski definition) is 7. The van der Waals surface area contributed by atoms with Gasteiger partial charge in [-0.1, -0.05) is 19.3 Å². The molecule has 7 rings (SSSR count). The normalized spacial score (nSPS) is 14.1. The van der Waals surface area contributed by atoms with Crippen LogP contribution in [-0.2, 0) is 4.79 Å². The van der Waals surface area contributed by atoms with Crippen molar-refractivity contribution in [3.8, 4) is 39.7 Å². The van der Waals surface area contributed by atoms with E-state index in [-0.39, 0.29) is 17.6 Å². The Kier molecular flexibility index (Phi) is 6.11. The second kappa shape index (κ2) is 10.1. The monoisotopic (exact) mass is 548 g/mol. The first kappa shape index (κ1) is 24.8. The molecule has 0 spiro atoms. The van der Waals surface area contributed by atoms with Crippen LogP contribution in [0.2, 0.25) is 0 Å². The highest BCUT2D eigenvalue weighted by Gasteiger charge is 2.22. The summed E-state index contributed by atoms with van der Waals surface area (Å²) in [5.74, 6) is -0.167. The molecule has 41 heavy (non-hydrogen) atoms. The van der Waals surface area contributed by atoms with Crippen LogP contribution >= 0.6 is 0 Å². The van der Waals surface area contributed by atoms with Gasteiger partial charge in [0.2, 0.25) is 5.91 Å². The molecular weight excluding hydrogens is 523 g/mol. The number of amides is 1. The fraction of sp³-hybridized carbons (Fsp3) is 0.200. The zero-order chi connectivity index (χ0) is 27.9. The van der Waals surface area contributed by atoms with Gasteiger partial charge in [-0.2, -0.15) is 5.10 Å². The summed E-state index contributed by atoms with van der Waals surface area (Å²) in [6.45, 7) is 0. The van der Waals surface area contributed by atoms with Crippen LogP contribution in [0.25, 0.3) is 55.8 Å². The van der Waals surface area contributed by atoms with Gasteiger partial charge in [-0.25, -0.2) is 9.37 Å². The quantitative estimate of drug-likeness (QED) is 0.207. The van der Waals surface area contributed by atoms with E-state index in [1.165, 1.54) is 18.6 Å². The smallest absolute Gasteiger partial charge is 0.227 e. The van der Waals surface area contributed by atoms with Crippen LogP contribution in [0.5, 0.6) is 5.75 Å². The Hall–Kier alpha value is -5.19. The van der Waals surface area contributed by atoms with Crippen molar-refractivity contribution >= 4 is 33.5 Å². The molecule has 0 atom stereocenters. The van der Waals surface area contributed by atoms with E-state index in [1.807, 2.05) is 12.1 Å². The third kappa shape index (κ3) is 4.75. The second-order valence-corrected chi connectivity index (χ2v) is 10.3. The van der Waals surface area contributed by atoms with Gasteiger partial charge in [0.05, 0.1) is 46.5 Å². The Morgan fingerprint density at radius 3 is 2.63 bits per heavy atom. The van der Waals surface area contributed by atoms with Crippen molar-refractivity contribution in [3.05, 3.63) is 67.1 Å². The number of pyridine rings is 3. The minimum absolute atomic E-state index is 0.0383. The molecule has 1 aliphatic carbocycles. The van der Waals surface area contributed by atoms with E-state index in [0.717, 1.165) is 42.7 Å². The number of aromatic hydroxyl groups is 1. The number of halogens is 1. The minimum Gasteiger partial charge on any atom is -0.508 e. The second-order valence-electron chi connectivity index (χ2n) is 10.3. The third-order valence-electron chi connectivity index (χ3n) is 7.54. The van der Waals surface area contributed by atoms with Gasteiger partial charge in [-0.15, -0.1) is 0 Å². The lowest BCUT2D eigenvalue weighted by Gasteiger charge is -2.20. The number of H-pyrrole nitrogens is 2. The number of fused-ring (bicyclic) bond motifs is 2. The summed E-state index contributed by atoms with van der Waals surface area (Å²) in [7, 11) is 0. The van der Waals surface area contributed by atoms with Crippen LogP contribution < -0.4 is 5.32 Å². The molecule has 6 aromatic rings. The third-order valence-corrected chi connectivity index (χ3v) is 7.54. The van der Waals surface area contributed by atoms with E-state index >= 15 is 0 Å². The highest BCUT2D eigenvalue weighted by molar-refractivity contribution is 5.98. The van der Waals surface area contributed by atoms with Gasteiger partial charge < -0.3 is 15.4 Å². The van der Waals surface area contributed by atoms with E-state index in [4.69, 9.17) is 4.98 Å². The number of rotatable bonds is 5. The fourth-order valence-corrected chi connectivity index (χ4v) is 5.50. The molecule has 0 radical (unpaired) electrons. The number of benzene rings is 1.